The number of fused-ring (bicyclic) bond motifs is 1. The fourth-order valence-corrected chi connectivity index (χ4v) is 3.03. The summed E-state index contributed by atoms with van der Waals surface area (Å²) in [6, 6.07) is 18.5. The molecule has 0 saturated heterocycles. The van der Waals surface area contributed by atoms with Gasteiger partial charge in [-0.1, -0.05) is 24.3 Å². The molecule has 0 saturated carbocycles. The van der Waals surface area contributed by atoms with Gasteiger partial charge in [-0.3, -0.25) is 9.59 Å². The molecule has 1 aliphatic rings. The van der Waals surface area contributed by atoms with E-state index in [0.717, 1.165) is 0 Å². The fraction of sp³-hybridized carbons (Fsp3) is 0.136. The molecule has 3 aromatic rings. The van der Waals surface area contributed by atoms with Crippen molar-refractivity contribution in [3.63, 3.8) is 0 Å². The quantitative estimate of drug-likeness (QED) is 0.742. The van der Waals surface area contributed by atoms with Gasteiger partial charge in [0.25, 0.3) is 11.8 Å². The number of rotatable bonds is 4. The summed E-state index contributed by atoms with van der Waals surface area (Å²) in [5.74, 6) is 0.869. The van der Waals surface area contributed by atoms with Crippen molar-refractivity contribution in [1.82, 2.24) is 10.3 Å². The van der Waals surface area contributed by atoms with Gasteiger partial charge in [-0.2, -0.15) is 0 Å². The van der Waals surface area contributed by atoms with Gasteiger partial charge in [-0.05, 0) is 36.4 Å². The third-order valence-electron chi connectivity index (χ3n) is 4.52. The van der Waals surface area contributed by atoms with Crippen LogP contribution in [-0.2, 0) is 4.79 Å². The molecule has 7 heteroatoms. The second kappa shape index (κ2) is 8.02. The number of amides is 2. The minimum atomic E-state index is -0.805. The van der Waals surface area contributed by atoms with E-state index in [2.05, 4.69) is 10.3 Å². The molecular weight excluding hydrogens is 370 g/mol. The lowest BCUT2D eigenvalue weighted by Crippen LogP contribution is -2.49. The molecule has 2 heterocycles. The standard InChI is InChI=1S/C22H19N3O4/c1-25-18-9-2-3-10-19(18)28-14-17(22(25)27)24-21(26)15-7-6-8-16(13-15)29-20-11-4-5-12-23-20/h2-13,17H,14H2,1H3,(H,24,26). The van der Waals surface area contributed by atoms with Crippen molar-refractivity contribution in [3.05, 3.63) is 78.5 Å². The maximum absolute atomic E-state index is 12.8. The van der Waals surface area contributed by atoms with Crippen LogP contribution in [0.4, 0.5) is 5.69 Å². The summed E-state index contributed by atoms with van der Waals surface area (Å²) in [5, 5.41) is 2.75. The highest BCUT2D eigenvalue weighted by atomic mass is 16.5. The molecule has 0 bridgehead atoms. The van der Waals surface area contributed by atoms with Gasteiger partial charge in [-0.25, -0.2) is 4.98 Å². The Hall–Kier alpha value is -3.87. The van der Waals surface area contributed by atoms with E-state index < -0.39 is 11.9 Å². The molecule has 0 aliphatic carbocycles. The number of likely N-dealkylation sites (N-methyl/N-ethyl adjacent to an activating group) is 1. The summed E-state index contributed by atoms with van der Waals surface area (Å²) in [6.45, 7) is 0.0516. The van der Waals surface area contributed by atoms with Crippen molar-refractivity contribution in [2.75, 3.05) is 18.6 Å². The van der Waals surface area contributed by atoms with Crippen molar-refractivity contribution >= 4 is 17.5 Å². The number of benzene rings is 2. The number of anilines is 1. The van der Waals surface area contributed by atoms with Crippen LogP contribution in [0.25, 0.3) is 0 Å². The zero-order valence-electron chi connectivity index (χ0n) is 15.7. The Labute approximate surface area is 167 Å². The molecule has 1 atom stereocenters. The summed E-state index contributed by atoms with van der Waals surface area (Å²) in [7, 11) is 1.66. The van der Waals surface area contributed by atoms with Gasteiger partial charge in [0, 0.05) is 24.9 Å². The first-order chi connectivity index (χ1) is 14.1. The zero-order valence-corrected chi connectivity index (χ0v) is 15.7. The molecule has 0 spiro atoms. The van der Waals surface area contributed by atoms with Crippen LogP contribution in [-0.4, -0.2) is 36.5 Å². The summed E-state index contributed by atoms with van der Waals surface area (Å²) in [5.41, 5.74) is 1.04. The summed E-state index contributed by atoms with van der Waals surface area (Å²) < 4.78 is 11.4. The average Bonchev–Trinajstić information content (AvgIpc) is 2.87. The Morgan fingerprint density at radius 2 is 1.97 bits per heavy atom. The Morgan fingerprint density at radius 1 is 1.14 bits per heavy atom. The number of hydrogen-bond donors (Lipinski definition) is 1. The third-order valence-corrected chi connectivity index (χ3v) is 4.52. The number of ether oxygens (including phenoxy) is 2. The number of nitrogens with zero attached hydrogens (tertiary/aromatic N) is 2. The van der Waals surface area contributed by atoms with Crippen LogP contribution in [0.3, 0.4) is 0 Å². The number of hydrogen-bond acceptors (Lipinski definition) is 5. The summed E-state index contributed by atoms with van der Waals surface area (Å²) >= 11 is 0. The van der Waals surface area contributed by atoms with Crippen molar-refractivity contribution < 1.29 is 19.1 Å². The molecule has 29 heavy (non-hydrogen) atoms. The van der Waals surface area contributed by atoms with Crippen molar-refractivity contribution in [3.8, 4) is 17.4 Å². The van der Waals surface area contributed by atoms with Crippen LogP contribution in [0, 0.1) is 0 Å². The molecule has 146 valence electrons. The second-order valence-electron chi connectivity index (χ2n) is 6.50. The summed E-state index contributed by atoms with van der Waals surface area (Å²) in [6.07, 6.45) is 1.62. The average molecular weight is 389 g/mol. The number of aromatic nitrogens is 1. The number of para-hydroxylation sites is 2. The smallest absolute Gasteiger partial charge is 0.252 e. The number of pyridine rings is 1. The Kier molecular flexibility index (Phi) is 5.11. The molecule has 4 rings (SSSR count). The van der Waals surface area contributed by atoms with E-state index in [9.17, 15) is 9.59 Å². The Bertz CT molecular complexity index is 1040. The van der Waals surface area contributed by atoms with Gasteiger partial charge in [0.1, 0.15) is 24.1 Å². The van der Waals surface area contributed by atoms with Crippen LogP contribution in [0.2, 0.25) is 0 Å². The van der Waals surface area contributed by atoms with Gasteiger partial charge in [0.2, 0.25) is 5.88 Å². The van der Waals surface area contributed by atoms with E-state index in [0.29, 0.717) is 28.6 Å². The first-order valence-electron chi connectivity index (χ1n) is 9.11. The zero-order chi connectivity index (χ0) is 20.2. The topological polar surface area (TPSA) is 80.8 Å². The lowest BCUT2D eigenvalue weighted by Gasteiger charge is -2.20. The maximum Gasteiger partial charge on any atom is 0.252 e. The maximum atomic E-state index is 12.8. The minimum absolute atomic E-state index is 0.0516. The largest absolute Gasteiger partial charge is 0.489 e. The number of carbonyl (C=O) groups is 2. The molecule has 1 aliphatic heterocycles. The predicted molar refractivity (Wildman–Crippen MR) is 107 cm³/mol. The lowest BCUT2D eigenvalue weighted by molar-refractivity contribution is -0.120. The van der Waals surface area contributed by atoms with Gasteiger partial charge in [0.15, 0.2) is 0 Å². The summed E-state index contributed by atoms with van der Waals surface area (Å²) in [4.78, 5) is 31.1. The van der Waals surface area contributed by atoms with Crippen LogP contribution in [0.15, 0.2) is 72.9 Å². The highest BCUT2D eigenvalue weighted by Crippen LogP contribution is 2.30. The van der Waals surface area contributed by atoms with Crippen LogP contribution in [0.5, 0.6) is 17.4 Å². The van der Waals surface area contributed by atoms with Gasteiger partial charge in [-0.15, -0.1) is 0 Å². The third kappa shape index (κ3) is 4.03. The lowest BCUT2D eigenvalue weighted by atomic mass is 10.1. The van der Waals surface area contributed by atoms with E-state index in [1.54, 1.807) is 61.8 Å². The normalized spacial score (nSPS) is 15.7. The number of nitrogens with one attached hydrogen (secondary N) is 1. The van der Waals surface area contributed by atoms with E-state index in [1.165, 1.54) is 4.90 Å². The molecular formula is C22H19N3O4. The van der Waals surface area contributed by atoms with Crippen LogP contribution in [0.1, 0.15) is 10.4 Å². The number of carbonyl (C=O) groups excluding carboxylic acids is 2. The molecule has 0 radical (unpaired) electrons. The molecule has 7 nitrogen and oxygen atoms in total. The van der Waals surface area contributed by atoms with Crippen molar-refractivity contribution in [1.29, 1.82) is 0 Å². The molecule has 0 fully saturated rings. The van der Waals surface area contributed by atoms with Crippen LogP contribution < -0.4 is 19.7 Å². The van der Waals surface area contributed by atoms with E-state index in [4.69, 9.17) is 9.47 Å². The monoisotopic (exact) mass is 389 g/mol. The first-order valence-corrected chi connectivity index (χ1v) is 9.11. The van der Waals surface area contributed by atoms with E-state index in [1.807, 2.05) is 18.2 Å². The molecule has 1 unspecified atom stereocenters. The van der Waals surface area contributed by atoms with Crippen LogP contribution >= 0.6 is 0 Å². The molecule has 1 aromatic heterocycles. The second-order valence-corrected chi connectivity index (χ2v) is 6.50. The van der Waals surface area contributed by atoms with Crippen molar-refractivity contribution in [2.24, 2.45) is 0 Å². The Morgan fingerprint density at radius 3 is 2.79 bits per heavy atom. The van der Waals surface area contributed by atoms with E-state index >= 15 is 0 Å². The Balaban J connectivity index is 1.48. The highest BCUT2D eigenvalue weighted by Gasteiger charge is 2.30. The van der Waals surface area contributed by atoms with Gasteiger partial charge >= 0.3 is 0 Å². The molecule has 2 aromatic carbocycles. The first kappa shape index (κ1) is 18.5. The predicted octanol–water partition coefficient (Wildman–Crippen LogP) is 3.03. The molecule has 1 N–H and O–H groups in total. The minimum Gasteiger partial charge on any atom is -0.489 e. The van der Waals surface area contributed by atoms with Gasteiger partial charge in [0.05, 0.1) is 5.69 Å². The van der Waals surface area contributed by atoms with Gasteiger partial charge < -0.3 is 19.7 Å². The van der Waals surface area contributed by atoms with Crippen molar-refractivity contribution in [2.45, 2.75) is 6.04 Å². The highest BCUT2D eigenvalue weighted by molar-refractivity contribution is 6.03. The SMILES string of the molecule is CN1C(=O)C(NC(=O)c2cccc(Oc3ccccn3)c2)COc2ccccc21. The molecule has 2 amide bonds. The fourth-order valence-electron chi connectivity index (χ4n) is 3.03. The van der Waals surface area contributed by atoms with E-state index in [-0.39, 0.29) is 12.5 Å².